The van der Waals surface area contributed by atoms with Crippen LogP contribution in [0.25, 0.3) is 10.8 Å². The smallest absolute Gasteiger partial charge is 0.269 e. The molecule has 0 atom stereocenters. The summed E-state index contributed by atoms with van der Waals surface area (Å²) in [7, 11) is 0. The zero-order valence-electron chi connectivity index (χ0n) is 11.3. The van der Waals surface area contributed by atoms with Gasteiger partial charge in [0.1, 0.15) is 5.75 Å². The summed E-state index contributed by atoms with van der Waals surface area (Å²) < 4.78 is 0. The molecule has 1 aliphatic rings. The van der Waals surface area contributed by atoms with Gasteiger partial charge in [-0.05, 0) is 35.7 Å². The number of hydrogen-bond acceptors (Lipinski definition) is 3. The number of piperidine rings is 1. The van der Waals surface area contributed by atoms with Crippen LogP contribution in [0.5, 0.6) is 5.75 Å². The van der Waals surface area contributed by atoms with Crippen LogP contribution in [0.3, 0.4) is 0 Å². The fourth-order valence-corrected chi connectivity index (χ4v) is 2.62. The number of hydrazine groups is 1. The van der Waals surface area contributed by atoms with Crippen LogP contribution < -0.4 is 5.43 Å². The second-order valence-electron chi connectivity index (χ2n) is 5.21. The van der Waals surface area contributed by atoms with Crippen molar-refractivity contribution in [3.05, 3.63) is 42.0 Å². The van der Waals surface area contributed by atoms with E-state index in [4.69, 9.17) is 0 Å². The summed E-state index contributed by atoms with van der Waals surface area (Å²) in [6, 6.07) is 11.1. The molecule has 4 nitrogen and oxygen atoms in total. The molecule has 0 saturated carbocycles. The van der Waals surface area contributed by atoms with Gasteiger partial charge < -0.3 is 5.11 Å². The highest BCUT2D eigenvalue weighted by molar-refractivity contribution is 6.01. The third kappa shape index (κ3) is 2.60. The molecule has 1 heterocycles. The van der Waals surface area contributed by atoms with Crippen molar-refractivity contribution >= 4 is 16.7 Å². The molecule has 0 aliphatic carbocycles. The standard InChI is InChI=1S/C16H18N2O2/c19-15-11-13-7-3-2-6-12(13)10-14(15)16(20)17-18-8-4-1-5-9-18/h2-3,6-7,10-11,19H,1,4-5,8-9H2,(H,17,20). The molecule has 0 spiro atoms. The minimum atomic E-state index is -0.241. The Morgan fingerprint density at radius 2 is 1.70 bits per heavy atom. The SMILES string of the molecule is O=C(NN1CCCCC1)c1cc2ccccc2cc1O. The van der Waals surface area contributed by atoms with Gasteiger partial charge in [0.15, 0.2) is 0 Å². The molecule has 0 radical (unpaired) electrons. The monoisotopic (exact) mass is 270 g/mol. The van der Waals surface area contributed by atoms with Crippen LogP contribution >= 0.6 is 0 Å². The van der Waals surface area contributed by atoms with Crippen LogP contribution in [0.4, 0.5) is 0 Å². The highest BCUT2D eigenvalue weighted by Gasteiger charge is 2.17. The minimum absolute atomic E-state index is 0.0261. The van der Waals surface area contributed by atoms with Gasteiger partial charge in [0.05, 0.1) is 5.56 Å². The van der Waals surface area contributed by atoms with Crippen LogP contribution in [0.1, 0.15) is 29.6 Å². The summed E-state index contributed by atoms with van der Waals surface area (Å²) in [6.07, 6.45) is 3.42. The Bertz CT molecular complexity index is 633. The lowest BCUT2D eigenvalue weighted by Gasteiger charge is -2.26. The van der Waals surface area contributed by atoms with Gasteiger partial charge >= 0.3 is 0 Å². The molecular formula is C16H18N2O2. The fourth-order valence-electron chi connectivity index (χ4n) is 2.62. The van der Waals surface area contributed by atoms with Gasteiger partial charge in [0.2, 0.25) is 0 Å². The number of nitrogens with zero attached hydrogens (tertiary/aromatic N) is 1. The molecule has 1 fully saturated rings. The molecule has 2 aromatic carbocycles. The van der Waals surface area contributed by atoms with E-state index in [0.717, 1.165) is 36.7 Å². The van der Waals surface area contributed by atoms with Crippen LogP contribution in [0.2, 0.25) is 0 Å². The molecule has 2 N–H and O–H groups in total. The fraction of sp³-hybridized carbons (Fsp3) is 0.312. The molecule has 0 aromatic heterocycles. The van der Waals surface area contributed by atoms with Crippen molar-refractivity contribution in [3.8, 4) is 5.75 Å². The van der Waals surface area contributed by atoms with Crippen LogP contribution in [-0.4, -0.2) is 29.1 Å². The number of carbonyl (C=O) groups is 1. The number of carbonyl (C=O) groups excluding carboxylic acids is 1. The second kappa shape index (κ2) is 5.51. The first kappa shape index (κ1) is 12.9. The summed E-state index contributed by atoms with van der Waals surface area (Å²) >= 11 is 0. The Morgan fingerprint density at radius 3 is 2.40 bits per heavy atom. The lowest BCUT2D eigenvalue weighted by molar-refractivity contribution is 0.0747. The molecule has 4 heteroatoms. The largest absolute Gasteiger partial charge is 0.507 e. The van der Waals surface area contributed by atoms with Gasteiger partial charge in [-0.1, -0.05) is 30.7 Å². The number of benzene rings is 2. The number of rotatable bonds is 2. The topological polar surface area (TPSA) is 52.6 Å². The zero-order valence-corrected chi connectivity index (χ0v) is 11.3. The van der Waals surface area contributed by atoms with Crippen molar-refractivity contribution < 1.29 is 9.90 Å². The number of phenolic OH excluding ortho intramolecular Hbond substituents is 1. The van der Waals surface area contributed by atoms with Gasteiger partial charge in [0, 0.05) is 13.1 Å². The van der Waals surface area contributed by atoms with E-state index in [2.05, 4.69) is 5.43 Å². The number of aromatic hydroxyl groups is 1. The first-order valence-corrected chi connectivity index (χ1v) is 7.02. The Morgan fingerprint density at radius 1 is 1.05 bits per heavy atom. The van der Waals surface area contributed by atoms with E-state index in [1.165, 1.54) is 6.42 Å². The van der Waals surface area contributed by atoms with Crippen molar-refractivity contribution in [3.63, 3.8) is 0 Å². The molecule has 2 aromatic rings. The first-order chi connectivity index (χ1) is 9.74. The van der Waals surface area contributed by atoms with Crippen molar-refractivity contribution in [2.75, 3.05) is 13.1 Å². The van der Waals surface area contributed by atoms with Gasteiger partial charge in [-0.25, -0.2) is 5.01 Å². The number of amides is 1. The van der Waals surface area contributed by atoms with E-state index < -0.39 is 0 Å². The third-order valence-corrected chi connectivity index (χ3v) is 3.72. The third-order valence-electron chi connectivity index (χ3n) is 3.72. The summed E-state index contributed by atoms with van der Waals surface area (Å²) in [4.78, 5) is 12.3. The Labute approximate surface area is 118 Å². The quantitative estimate of drug-likeness (QED) is 0.882. The normalized spacial score (nSPS) is 16.2. The first-order valence-electron chi connectivity index (χ1n) is 7.02. The lowest BCUT2D eigenvalue weighted by Crippen LogP contribution is -2.45. The molecule has 3 rings (SSSR count). The van der Waals surface area contributed by atoms with E-state index in [-0.39, 0.29) is 11.7 Å². The average Bonchev–Trinajstić information content (AvgIpc) is 2.47. The molecule has 0 bridgehead atoms. The maximum atomic E-state index is 12.3. The zero-order chi connectivity index (χ0) is 13.9. The highest BCUT2D eigenvalue weighted by atomic mass is 16.3. The molecule has 1 saturated heterocycles. The van der Waals surface area contributed by atoms with Crippen molar-refractivity contribution in [2.24, 2.45) is 0 Å². The van der Waals surface area contributed by atoms with Crippen LogP contribution in [0.15, 0.2) is 36.4 Å². The number of fused-ring (bicyclic) bond motifs is 1. The van der Waals surface area contributed by atoms with Crippen molar-refractivity contribution in [1.29, 1.82) is 0 Å². The molecule has 1 amide bonds. The Kier molecular flexibility index (Phi) is 3.56. The van der Waals surface area contributed by atoms with E-state index >= 15 is 0 Å². The molecule has 0 unspecified atom stereocenters. The second-order valence-corrected chi connectivity index (χ2v) is 5.21. The predicted octanol–water partition coefficient (Wildman–Crippen LogP) is 2.68. The summed E-state index contributed by atoms with van der Waals surface area (Å²) in [5, 5.41) is 13.8. The predicted molar refractivity (Wildman–Crippen MR) is 78.5 cm³/mol. The summed E-state index contributed by atoms with van der Waals surface area (Å²) in [6.45, 7) is 1.75. The van der Waals surface area contributed by atoms with Crippen molar-refractivity contribution in [2.45, 2.75) is 19.3 Å². The molecular weight excluding hydrogens is 252 g/mol. The number of hydrogen-bond donors (Lipinski definition) is 2. The number of nitrogens with one attached hydrogen (secondary N) is 1. The van der Waals surface area contributed by atoms with E-state index in [1.807, 2.05) is 29.3 Å². The Balaban J connectivity index is 1.84. The maximum absolute atomic E-state index is 12.3. The van der Waals surface area contributed by atoms with Crippen molar-refractivity contribution in [1.82, 2.24) is 10.4 Å². The van der Waals surface area contributed by atoms with Crippen LogP contribution in [0, 0.1) is 0 Å². The lowest BCUT2D eigenvalue weighted by atomic mass is 10.1. The Hall–Kier alpha value is -2.07. The van der Waals surface area contributed by atoms with Gasteiger partial charge in [-0.3, -0.25) is 10.2 Å². The number of phenols is 1. The minimum Gasteiger partial charge on any atom is -0.507 e. The summed E-state index contributed by atoms with van der Waals surface area (Å²) in [5.41, 5.74) is 3.20. The van der Waals surface area contributed by atoms with Crippen LogP contribution in [-0.2, 0) is 0 Å². The van der Waals surface area contributed by atoms with E-state index in [0.29, 0.717) is 5.56 Å². The van der Waals surface area contributed by atoms with Gasteiger partial charge in [-0.15, -0.1) is 0 Å². The average molecular weight is 270 g/mol. The highest BCUT2D eigenvalue weighted by Crippen LogP contribution is 2.25. The molecule has 20 heavy (non-hydrogen) atoms. The summed E-state index contributed by atoms with van der Waals surface area (Å²) in [5.74, 6) is -0.214. The molecule has 1 aliphatic heterocycles. The maximum Gasteiger partial charge on any atom is 0.269 e. The van der Waals surface area contributed by atoms with E-state index in [9.17, 15) is 9.90 Å². The van der Waals surface area contributed by atoms with Gasteiger partial charge in [-0.2, -0.15) is 0 Å². The molecule has 104 valence electrons. The van der Waals surface area contributed by atoms with Gasteiger partial charge in [0.25, 0.3) is 5.91 Å². The van der Waals surface area contributed by atoms with E-state index in [1.54, 1.807) is 12.1 Å².